The maximum absolute atomic E-state index is 10.9. The van der Waals surface area contributed by atoms with Gasteiger partial charge in [-0.05, 0) is 37.0 Å². The monoisotopic (exact) mass is 255 g/mol. The predicted octanol–water partition coefficient (Wildman–Crippen LogP) is 1.73. The molecule has 1 aromatic rings. The fourth-order valence-electron chi connectivity index (χ4n) is 1.96. The van der Waals surface area contributed by atoms with Gasteiger partial charge in [-0.1, -0.05) is 0 Å². The third kappa shape index (κ3) is 3.23. The second-order valence-corrected chi connectivity index (χ2v) is 4.67. The van der Waals surface area contributed by atoms with E-state index in [1.807, 2.05) is 12.1 Å². The number of anilines is 1. The maximum Gasteiger partial charge on any atom is 0.323 e. The van der Waals surface area contributed by atoms with Gasteiger partial charge in [-0.25, -0.2) is 0 Å². The van der Waals surface area contributed by atoms with Crippen molar-refractivity contribution in [1.29, 1.82) is 10.5 Å². The van der Waals surface area contributed by atoms with Crippen LogP contribution in [-0.4, -0.2) is 24.2 Å². The normalized spacial score (nSPS) is 13.4. The van der Waals surface area contributed by atoms with Gasteiger partial charge >= 0.3 is 5.97 Å². The standard InChI is InChI=1S/C14H13N3O2/c15-6-11-3-4-13(5-12(11)7-16)17(9-14(18)19)8-10-1-2-10/h3-5,10H,1-2,8-9H2,(H,18,19). The maximum atomic E-state index is 10.9. The highest BCUT2D eigenvalue weighted by Gasteiger charge is 2.25. The summed E-state index contributed by atoms with van der Waals surface area (Å²) in [5.41, 5.74) is 1.28. The summed E-state index contributed by atoms with van der Waals surface area (Å²) in [6, 6.07) is 8.77. The van der Waals surface area contributed by atoms with Gasteiger partial charge in [0.2, 0.25) is 0 Å². The summed E-state index contributed by atoms with van der Waals surface area (Å²) in [6.07, 6.45) is 2.25. The highest BCUT2D eigenvalue weighted by molar-refractivity contribution is 5.74. The van der Waals surface area contributed by atoms with Gasteiger partial charge in [0.1, 0.15) is 18.7 Å². The highest BCUT2D eigenvalue weighted by Crippen LogP contribution is 2.31. The molecule has 1 aliphatic carbocycles. The highest BCUT2D eigenvalue weighted by atomic mass is 16.4. The molecular weight excluding hydrogens is 242 g/mol. The molecule has 1 aliphatic rings. The lowest BCUT2D eigenvalue weighted by atomic mass is 10.1. The molecule has 0 unspecified atom stereocenters. The minimum absolute atomic E-state index is 0.0900. The average Bonchev–Trinajstić information content (AvgIpc) is 3.20. The molecule has 0 radical (unpaired) electrons. The van der Waals surface area contributed by atoms with Crippen molar-refractivity contribution in [2.75, 3.05) is 18.0 Å². The molecule has 2 rings (SSSR count). The van der Waals surface area contributed by atoms with Crippen LogP contribution in [0.3, 0.4) is 0 Å². The molecule has 1 aromatic carbocycles. The molecule has 19 heavy (non-hydrogen) atoms. The van der Waals surface area contributed by atoms with Gasteiger partial charge in [-0.15, -0.1) is 0 Å². The van der Waals surface area contributed by atoms with Crippen LogP contribution in [-0.2, 0) is 4.79 Å². The third-order valence-corrected chi connectivity index (χ3v) is 3.11. The van der Waals surface area contributed by atoms with Gasteiger partial charge in [-0.2, -0.15) is 10.5 Å². The van der Waals surface area contributed by atoms with Crippen molar-refractivity contribution in [3.63, 3.8) is 0 Å². The van der Waals surface area contributed by atoms with Crippen LogP contribution >= 0.6 is 0 Å². The fourth-order valence-corrected chi connectivity index (χ4v) is 1.96. The number of carboxylic acids is 1. The number of hydrogen-bond acceptors (Lipinski definition) is 4. The van der Waals surface area contributed by atoms with E-state index in [1.165, 1.54) is 0 Å². The smallest absolute Gasteiger partial charge is 0.323 e. The van der Waals surface area contributed by atoms with Gasteiger partial charge in [0.15, 0.2) is 0 Å². The second-order valence-electron chi connectivity index (χ2n) is 4.67. The Morgan fingerprint density at radius 3 is 2.53 bits per heavy atom. The van der Waals surface area contributed by atoms with E-state index >= 15 is 0 Å². The second kappa shape index (κ2) is 5.41. The molecule has 0 amide bonds. The fraction of sp³-hybridized carbons (Fsp3) is 0.357. The number of aliphatic carboxylic acids is 1. The van der Waals surface area contributed by atoms with E-state index in [4.69, 9.17) is 15.6 Å². The number of rotatable bonds is 5. The van der Waals surface area contributed by atoms with Gasteiger partial charge in [0, 0.05) is 12.2 Å². The Morgan fingerprint density at radius 1 is 1.32 bits per heavy atom. The quantitative estimate of drug-likeness (QED) is 0.865. The first-order valence-electron chi connectivity index (χ1n) is 6.05. The molecule has 0 atom stereocenters. The van der Waals surface area contributed by atoms with Gasteiger partial charge < -0.3 is 10.0 Å². The van der Waals surface area contributed by atoms with Crippen LogP contribution in [0.5, 0.6) is 0 Å². The summed E-state index contributed by atoms with van der Waals surface area (Å²) >= 11 is 0. The predicted molar refractivity (Wildman–Crippen MR) is 68.4 cm³/mol. The van der Waals surface area contributed by atoms with Crippen LogP contribution < -0.4 is 4.90 Å². The van der Waals surface area contributed by atoms with Crippen LogP contribution in [0.2, 0.25) is 0 Å². The van der Waals surface area contributed by atoms with Crippen molar-refractivity contribution in [3.05, 3.63) is 29.3 Å². The first-order chi connectivity index (χ1) is 9.13. The molecular formula is C14H13N3O2. The molecule has 96 valence electrons. The van der Waals surface area contributed by atoms with E-state index < -0.39 is 5.97 Å². The average molecular weight is 255 g/mol. The number of carbonyl (C=O) groups is 1. The Hall–Kier alpha value is -2.53. The lowest BCUT2D eigenvalue weighted by molar-refractivity contribution is -0.135. The van der Waals surface area contributed by atoms with E-state index in [-0.39, 0.29) is 12.1 Å². The molecule has 0 saturated heterocycles. The number of carboxylic acid groups (broad SMARTS) is 1. The Kier molecular flexibility index (Phi) is 3.68. The van der Waals surface area contributed by atoms with Crippen LogP contribution in [0.25, 0.3) is 0 Å². The summed E-state index contributed by atoms with van der Waals surface area (Å²) in [7, 11) is 0. The summed E-state index contributed by atoms with van der Waals surface area (Å²) in [6.45, 7) is 0.594. The Morgan fingerprint density at radius 2 is 2.00 bits per heavy atom. The molecule has 1 saturated carbocycles. The number of hydrogen-bond donors (Lipinski definition) is 1. The molecule has 1 fully saturated rings. The molecule has 0 heterocycles. The summed E-state index contributed by atoms with van der Waals surface area (Å²) < 4.78 is 0. The Bertz CT molecular complexity index is 579. The summed E-state index contributed by atoms with van der Waals surface area (Å²) in [4.78, 5) is 12.7. The van der Waals surface area contributed by atoms with Crippen molar-refractivity contribution >= 4 is 11.7 Å². The van der Waals surface area contributed by atoms with Crippen LogP contribution in [0.1, 0.15) is 24.0 Å². The third-order valence-electron chi connectivity index (χ3n) is 3.11. The van der Waals surface area contributed by atoms with E-state index in [2.05, 4.69) is 0 Å². The number of benzene rings is 1. The van der Waals surface area contributed by atoms with Crippen molar-refractivity contribution in [2.45, 2.75) is 12.8 Å². The van der Waals surface area contributed by atoms with E-state index in [1.54, 1.807) is 23.1 Å². The van der Waals surface area contributed by atoms with Crippen molar-refractivity contribution in [1.82, 2.24) is 0 Å². The molecule has 0 spiro atoms. The van der Waals surface area contributed by atoms with Crippen molar-refractivity contribution in [3.8, 4) is 12.1 Å². The molecule has 0 aromatic heterocycles. The molecule has 0 aliphatic heterocycles. The minimum atomic E-state index is -0.900. The zero-order valence-electron chi connectivity index (χ0n) is 10.3. The number of nitrogens with zero attached hydrogens (tertiary/aromatic N) is 3. The molecule has 5 heteroatoms. The summed E-state index contributed by atoms with van der Waals surface area (Å²) in [5.74, 6) is -0.357. The van der Waals surface area contributed by atoms with Crippen LogP contribution in [0.4, 0.5) is 5.69 Å². The first kappa shape index (κ1) is 12.9. The summed E-state index contributed by atoms with van der Waals surface area (Å²) in [5, 5.41) is 26.8. The van der Waals surface area contributed by atoms with Crippen molar-refractivity contribution in [2.24, 2.45) is 5.92 Å². The molecule has 0 bridgehead atoms. The van der Waals surface area contributed by atoms with E-state index in [0.717, 1.165) is 12.8 Å². The van der Waals surface area contributed by atoms with Gasteiger partial charge in [0.25, 0.3) is 0 Å². The largest absolute Gasteiger partial charge is 0.480 e. The SMILES string of the molecule is N#Cc1ccc(N(CC(=O)O)CC2CC2)cc1C#N. The Labute approximate surface area is 111 Å². The lowest BCUT2D eigenvalue weighted by Crippen LogP contribution is -2.31. The van der Waals surface area contributed by atoms with E-state index in [0.29, 0.717) is 23.7 Å². The first-order valence-corrected chi connectivity index (χ1v) is 6.05. The Balaban J connectivity index is 2.27. The topological polar surface area (TPSA) is 88.1 Å². The minimum Gasteiger partial charge on any atom is -0.480 e. The zero-order chi connectivity index (χ0) is 13.8. The molecule has 5 nitrogen and oxygen atoms in total. The van der Waals surface area contributed by atoms with E-state index in [9.17, 15) is 4.79 Å². The van der Waals surface area contributed by atoms with Crippen molar-refractivity contribution < 1.29 is 9.90 Å². The van der Waals surface area contributed by atoms with Gasteiger partial charge in [-0.3, -0.25) is 4.79 Å². The van der Waals surface area contributed by atoms with Gasteiger partial charge in [0.05, 0.1) is 11.1 Å². The lowest BCUT2D eigenvalue weighted by Gasteiger charge is -2.23. The van der Waals surface area contributed by atoms with Crippen LogP contribution in [0.15, 0.2) is 18.2 Å². The van der Waals surface area contributed by atoms with Crippen LogP contribution in [0, 0.1) is 28.6 Å². The molecule has 1 N–H and O–H groups in total. The number of nitriles is 2. The zero-order valence-corrected chi connectivity index (χ0v) is 10.3.